The van der Waals surface area contributed by atoms with Gasteiger partial charge in [-0.1, -0.05) is 24.3 Å². The Balaban J connectivity index is 1.55. The average molecular weight is 393 g/mol. The number of hydrogen-bond acceptors (Lipinski definition) is 5. The first kappa shape index (κ1) is 19.0. The number of furan rings is 1. The highest BCUT2D eigenvalue weighted by Crippen LogP contribution is 2.29. The van der Waals surface area contributed by atoms with Gasteiger partial charge in [0, 0.05) is 18.5 Å². The smallest absolute Gasteiger partial charge is 0.256 e. The molecule has 29 heavy (non-hydrogen) atoms. The Morgan fingerprint density at radius 3 is 2.86 bits per heavy atom. The van der Waals surface area contributed by atoms with Crippen molar-refractivity contribution in [3.05, 3.63) is 64.9 Å². The molecule has 0 spiro atoms. The first-order valence-corrected chi connectivity index (χ1v) is 9.57. The van der Waals surface area contributed by atoms with E-state index >= 15 is 0 Å². The van der Waals surface area contributed by atoms with E-state index in [-0.39, 0.29) is 11.8 Å². The molecule has 2 aromatic carbocycles. The van der Waals surface area contributed by atoms with Crippen LogP contribution in [0.1, 0.15) is 33.7 Å². The molecule has 4 N–H and O–H groups in total. The standard InChI is InChI=1S/C22H23N3O4/c1-13-20(22(27)25-18-7-8-24-21(18)26)17-10-16(5-6-19(17)29-13)28-12-15-4-2-3-14(9-15)11-23/h2-6,9-10,18H,7-8,11-12,23H2,1H3,(H,24,26)(H,25,27). The monoisotopic (exact) mass is 393 g/mol. The summed E-state index contributed by atoms with van der Waals surface area (Å²) in [6.45, 7) is 3.17. The summed E-state index contributed by atoms with van der Waals surface area (Å²) in [4.78, 5) is 24.6. The third kappa shape index (κ3) is 3.95. The number of hydrogen-bond donors (Lipinski definition) is 3. The maximum atomic E-state index is 12.8. The molecule has 150 valence electrons. The molecule has 1 aliphatic rings. The van der Waals surface area contributed by atoms with Crippen molar-refractivity contribution in [2.75, 3.05) is 6.54 Å². The van der Waals surface area contributed by atoms with E-state index in [2.05, 4.69) is 10.6 Å². The van der Waals surface area contributed by atoms with E-state index in [0.29, 0.717) is 54.2 Å². The molecular weight excluding hydrogens is 370 g/mol. The van der Waals surface area contributed by atoms with E-state index in [4.69, 9.17) is 14.9 Å². The van der Waals surface area contributed by atoms with Gasteiger partial charge < -0.3 is 25.5 Å². The summed E-state index contributed by atoms with van der Waals surface area (Å²) in [5.74, 6) is 0.649. The normalized spacial score (nSPS) is 16.1. The van der Waals surface area contributed by atoms with E-state index in [1.54, 1.807) is 19.1 Å². The summed E-state index contributed by atoms with van der Waals surface area (Å²) >= 11 is 0. The fraction of sp³-hybridized carbons (Fsp3) is 0.273. The minimum absolute atomic E-state index is 0.160. The number of fused-ring (bicyclic) bond motifs is 1. The number of carbonyl (C=O) groups excluding carboxylic acids is 2. The number of benzene rings is 2. The van der Waals surface area contributed by atoms with Gasteiger partial charge in [-0.2, -0.15) is 0 Å². The van der Waals surface area contributed by atoms with Crippen molar-refractivity contribution in [3.8, 4) is 5.75 Å². The topological polar surface area (TPSA) is 107 Å². The van der Waals surface area contributed by atoms with Crippen LogP contribution in [0, 0.1) is 6.92 Å². The molecule has 2 heterocycles. The number of ether oxygens (including phenoxy) is 1. The third-order valence-corrected chi connectivity index (χ3v) is 5.05. The largest absolute Gasteiger partial charge is 0.489 e. The lowest BCUT2D eigenvalue weighted by Gasteiger charge is -2.10. The number of nitrogens with two attached hydrogens (primary N) is 1. The fourth-order valence-corrected chi connectivity index (χ4v) is 3.55. The Hall–Kier alpha value is -3.32. The maximum Gasteiger partial charge on any atom is 0.256 e. The zero-order chi connectivity index (χ0) is 20.4. The van der Waals surface area contributed by atoms with Gasteiger partial charge >= 0.3 is 0 Å². The SMILES string of the molecule is Cc1oc2ccc(OCc3cccc(CN)c3)cc2c1C(=O)NC1CCNC1=O. The molecule has 1 aliphatic heterocycles. The summed E-state index contributed by atoms with van der Waals surface area (Å²) < 4.78 is 11.6. The summed E-state index contributed by atoms with van der Waals surface area (Å²) in [6.07, 6.45) is 0.579. The van der Waals surface area contributed by atoms with Crippen LogP contribution in [0.5, 0.6) is 5.75 Å². The first-order valence-electron chi connectivity index (χ1n) is 9.57. The lowest BCUT2D eigenvalue weighted by molar-refractivity contribution is -0.120. The Morgan fingerprint density at radius 1 is 1.28 bits per heavy atom. The van der Waals surface area contributed by atoms with Crippen molar-refractivity contribution in [2.24, 2.45) is 5.73 Å². The number of nitrogens with one attached hydrogen (secondary N) is 2. The second-order valence-corrected chi connectivity index (χ2v) is 7.11. The summed E-state index contributed by atoms with van der Waals surface area (Å²) in [7, 11) is 0. The van der Waals surface area contributed by atoms with Gasteiger partial charge in [-0.15, -0.1) is 0 Å². The average Bonchev–Trinajstić information content (AvgIpc) is 3.27. The van der Waals surface area contributed by atoms with Gasteiger partial charge in [-0.3, -0.25) is 9.59 Å². The maximum absolute atomic E-state index is 12.8. The van der Waals surface area contributed by atoms with Gasteiger partial charge in [-0.05, 0) is 42.7 Å². The van der Waals surface area contributed by atoms with Crippen LogP contribution in [-0.2, 0) is 17.9 Å². The van der Waals surface area contributed by atoms with E-state index in [9.17, 15) is 9.59 Å². The molecule has 2 amide bonds. The molecular formula is C22H23N3O4. The van der Waals surface area contributed by atoms with Crippen molar-refractivity contribution in [1.82, 2.24) is 10.6 Å². The van der Waals surface area contributed by atoms with Crippen molar-refractivity contribution < 1.29 is 18.7 Å². The fourth-order valence-electron chi connectivity index (χ4n) is 3.55. The van der Waals surface area contributed by atoms with Crippen LogP contribution in [0.4, 0.5) is 0 Å². The van der Waals surface area contributed by atoms with Crippen LogP contribution >= 0.6 is 0 Å². The first-order chi connectivity index (χ1) is 14.0. The highest BCUT2D eigenvalue weighted by molar-refractivity contribution is 6.08. The predicted molar refractivity (Wildman–Crippen MR) is 108 cm³/mol. The number of amides is 2. The second kappa shape index (κ2) is 7.97. The lowest BCUT2D eigenvalue weighted by atomic mass is 10.1. The molecule has 0 saturated carbocycles. The number of rotatable bonds is 6. The molecule has 1 unspecified atom stereocenters. The van der Waals surface area contributed by atoms with Gasteiger partial charge in [0.1, 0.15) is 29.7 Å². The van der Waals surface area contributed by atoms with Crippen LogP contribution in [0.3, 0.4) is 0 Å². The molecule has 1 fully saturated rings. The van der Waals surface area contributed by atoms with Gasteiger partial charge in [0.25, 0.3) is 5.91 Å². The van der Waals surface area contributed by atoms with Crippen LogP contribution in [-0.4, -0.2) is 24.4 Å². The molecule has 7 nitrogen and oxygen atoms in total. The van der Waals surface area contributed by atoms with Crippen molar-refractivity contribution >= 4 is 22.8 Å². The van der Waals surface area contributed by atoms with Gasteiger partial charge in [-0.25, -0.2) is 0 Å². The summed E-state index contributed by atoms with van der Waals surface area (Å²) in [5, 5.41) is 6.17. The highest BCUT2D eigenvalue weighted by atomic mass is 16.5. The minimum Gasteiger partial charge on any atom is -0.489 e. The van der Waals surface area contributed by atoms with E-state index in [0.717, 1.165) is 11.1 Å². The zero-order valence-corrected chi connectivity index (χ0v) is 16.2. The molecule has 1 saturated heterocycles. The Kier molecular flexibility index (Phi) is 5.22. The molecule has 0 aliphatic carbocycles. The number of aryl methyl sites for hydroxylation is 1. The van der Waals surface area contributed by atoms with E-state index in [1.165, 1.54) is 0 Å². The Morgan fingerprint density at radius 2 is 2.10 bits per heavy atom. The van der Waals surface area contributed by atoms with Gasteiger partial charge in [0.15, 0.2) is 0 Å². The zero-order valence-electron chi connectivity index (χ0n) is 16.2. The van der Waals surface area contributed by atoms with E-state index in [1.807, 2.05) is 30.3 Å². The third-order valence-electron chi connectivity index (χ3n) is 5.05. The van der Waals surface area contributed by atoms with Crippen LogP contribution in [0.25, 0.3) is 11.0 Å². The van der Waals surface area contributed by atoms with Crippen LogP contribution < -0.4 is 21.1 Å². The molecule has 3 aromatic rings. The van der Waals surface area contributed by atoms with Crippen LogP contribution in [0.15, 0.2) is 46.9 Å². The molecule has 0 radical (unpaired) electrons. The summed E-state index contributed by atoms with van der Waals surface area (Å²) in [5.41, 5.74) is 8.77. The van der Waals surface area contributed by atoms with Crippen LogP contribution in [0.2, 0.25) is 0 Å². The van der Waals surface area contributed by atoms with Crippen molar-refractivity contribution in [2.45, 2.75) is 32.5 Å². The van der Waals surface area contributed by atoms with Crippen molar-refractivity contribution in [1.29, 1.82) is 0 Å². The molecule has 0 bridgehead atoms. The van der Waals surface area contributed by atoms with Gasteiger partial charge in [0.2, 0.25) is 5.91 Å². The predicted octanol–water partition coefficient (Wildman–Crippen LogP) is 2.40. The minimum atomic E-state index is -0.513. The molecule has 4 rings (SSSR count). The Bertz CT molecular complexity index is 1070. The Labute approximate surface area is 168 Å². The van der Waals surface area contributed by atoms with Gasteiger partial charge in [0.05, 0.1) is 5.56 Å². The summed E-state index contributed by atoms with van der Waals surface area (Å²) in [6, 6.07) is 12.8. The second-order valence-electron chi connectivity index (χ2n) is 7.11. The quantitative estimate of drug-likeness (QED) is 0.596. The van der Waals surface area contributed by atoms with Crippen molar-refractivity contribution in [3.63, 3.8) is 0 Å². The lowest BCUT2D eigenvalue weighted by Crippen LogP contribution is -2.40. The molecule has 1 aromatic heterocycles. The number of carbonyl (C=O) groups is 2. The molecule has 7 heteroatoms. The highest BCUT2D eigenvalue weighted by Gasteiger charge is 2.28. The molecule has 1 atom stereocenters. The van der Waals surface area contributed by atoms with E-state index < -0.39 is 6.04 Å².